The highest BCUT2D eigenvalue weighted by atomic mass is 16.5. The maximum Gasteiger partial charge on any atom is 0.224 e. The van der Waals surface area contributed by atoms with E-state index in [1.165, 1.54) is 5.52 Å². The molecule has 0 saturated heterocycles. The molecule has 3 aromatic carbocycles. The van der Waals surface area contributed by atoms with Gasteiger partial charge in [0.15, 0.2) is 11.5 Å². The lowest BCUT2D eigenvalue weighted by Crippen LogP contribution is -2.26. The summed E-state index contributed by atoms with van der Waals surface area (Å²) in [5.41, 5.74) is 4.36. The first-order valence-electron chi connectivity index (χ1n) is 14.9. The molecule has 0 atom stereocenters. The number of imidazole rings is 1. The number of hydrogen-bond acceptors (Lipinski definition) is 5. The molecule has 222 valence electrons. The number of para-hydroxylation sites is 2. The van der Waals surface area contributed by atoms with E-state index in [1.54, 1.807) is 14.2 Å². The number of carbonyl (C=O) groups is 1. The smallest absolute Gasteiger partial charge is 0.224 e. The van der Waals surface area contributed by atoms with Gasteiger partial charge in [0.05, 0.1) is 38.3 Å². The van der Waals surface area contributed by atoms with Gasteiger partial charge < -0.3 is 24.1 Å². The number of fused-ring (bicyclic) bond motifs is 1. The lowest BCUT2D eigenvalue weighted by atomic mass is 10.1. The summed E-state index contributed by atoms with van der Waals surface area (Å²) in [5, 5.41) is 3.04. The summed E-state index contributed by atoms with van der Waals surface area (Å²) < 4.78 is 19.1. The third-order valence-corrected chi connectivity index (χ3v) is 7.30. The summed E-state index contributed by atoms with van der Waals surface area (Å²) in [6.45, 7) is 6.02. The zero-order valence-corrected chi connectivity index (χ0v) is 24.9. The fraction of sp³-hybridized carbons (Fsp3) is 0.371. The summed E-state index contributed by atoms with van der Waals surface area (Å²) in [6.07, 6.45) is 8.92. The molecular formula is C35H43N3O4. The summed E-state index contributed by atoms with van der Waals surface area (Å²) in [4.78, 5) is 17.2. The van der Waals surface area contributed by atoms with Crippen molar-refractivity contribution in [1.82, 2.24) is 14.9 Å². The number of ether oxygens (including phenoxy) is 3. The molecule has 0 saturated carbocycles. The molecule has 0 aliphatic heterocycles. The fourth-order valence-electron chi connectivity index (χ4n) is 5.05. The normalized spacial score (nSPS) is 10.9. The van der Waals surface area contributed by atoms with Crippen molar-refractivity contribution in [2.75, 3.05) is 27.4 Å². The van der Waals surface area contributed by atoms with Gasteiger partial charge in [-0.3, -0.25) is 4.79 Å². The van der Waals surface area contributed by atoms with Crippen LogP contribution in [0.4, 0.5) is 0 Å². The van der Waals surface area contributed by atoms with Crippen molar-refractivity contribution in [2.24, 2.45) is 0 Å². The van der Waals surface area contributed by atoms with Crippen molar-refractivity contribution in [2.45, 2.75) is 57.9 Å². The number of aryl methyl sites for hydroxylation is 2. The minimum Gasteiger partial charge on any atom is -0.497 e. The van der Waals surface area contributed by atoms with E-state index in [0.717, 1.165) is 91.2 Å². The van der Waals surface area contributed by atoms with E-state index < -0.39 is 0 Å². The fourth-order valence-corrected chi connectivity index (χ4v) is 5.05. The van der Waals surface area contributed by atoms with E-state index in [2.05, 4.69) is 40.7 Å². The maximum absolute atomic E-state index is 12.3. The molecule has 0 aliphatic rings. The highest BCUT2D eigenvalue weighted by Gasteiger charge is 2.11. The van der Waals surface area contributed by atoms with Gasteiger partial charge in [0.1, 0.15) is 11.6 Å². The van der Waals surface area contributed by atoms with Crippen LogP contribution in [0.15, 0.2) is 79.4 Å². The minimum atomic E-state index is 0.0501. The van der Waals surface area contributed by atoms with Gasteiger partial charge in [0.2, 0.25) is 5.91 Å². The zero-order valence-electron chi connectivity index (χ0n) is 24.9. The van der Waals surface area contributed by atoms with Gasteiger partial charge in [-0.05, 0) is 79.6 Å². The monoisotopic (exact) mass is 569 g/mol. The van der Waals surface area contributed by atoms with Gasteiger partial charge in [-0.2, -0.15) is 0 Å². The van der Waals surface area contributed by atoms with Crippen LogP contribution >= 0.6 is 0 Å². The number of nitrogens with zero attached hydrogens (tertiary/aromatic N) is 2. The van der Waals surface area contributed by atoms with Crippen LogP contribution in [0, 0.1) is 0 Å². The number of unbranched alkanes of at least 4 members (excludes halogenated alkanes) is 3. The van der Waals surface area contributed by atoms with E-state index in [0.29, 0.717) is 19.6 Å². The number of benzene rings is 3. The van der Waals surface area contributed by atoms with Gasteiger partial charge in [-0.15, -0.1) is 6.58 Å². The van der Waals surface area contributed by atoms with Crippen LogP contribution in [0.2, 0.25) is 0 Å². The van der Waals surface area contributed by atoms with Crippen LogP contribution in [0.1, 0.15) is 49.1 Å². The number of amides is 1. The Labute approximate surface area is 249 Å². The molecular weight excluding hydrogens is 526 g/mol. The molecule has 7 heteroatoms. The first-order valence-corrected chi connectivity index (χ1v) is 14.9. The van der Waals surface area contributed by atoms with Gasteiger partial charge in [-0.1, -0.05) is 42.8 Å². The van der Waals surface area contributed by atoms with Crippen molar-refractivity contribution < 1.29 is 19.0 Å². The van der Waals surface area contributed by atoms with Crippen molar-refractivity contribution in [1.29, 1.82) is 0 Å². The molecule has 1 heterocycles. The molecule has 42 heavy (non-hydrogen) atoms. The predicted molar refractivity (Wildman–Crippen MR) is 169 cm³/mol. The molecule has 7 nitrogen and oxygen atoms in total. The second-order valence-electron chi connectivity index (χ2n) is 10.4. The number of methoxy groups -OCH3 is 2. The van der Waals surface area contributed by atoms with Gasteiger partial charge in [0, 0.05) is 19.5 Å². The molecule has 0 fully saturated rings. The number of aromatic nitrogens is 2. The molecule has 0 aliphatic carbocycles. The summed E-state index contributed by atoms with van der Waals surface area (Å²) in [6, 6.07) is 22.0. The van der Waals surface area contributed by atoms with Crippen LogP contribution in [0.3, 0.4) is 0 Å². The van der Waals surface area contributed by atoms with Gasteiger partial charge >= 0.3 is 0 Å². The first kappa shape index (κ1) is 30.7. The maximum atomic E-state index is 12.3. The molecule has 0 radical (unpaired) electrons. The SMILES string of the molecule is C=CCc1ccc(OCCCCn2c(CCCCCNC(=O)Cc3ccc(OC)cc3)nc3ccccc32)c(OC)c1. The van der Waals surface area contributed by atoms with Crippen molar-refractivity contribution in [3.63, 3.8) is 0 Å². The second kappa shape index (κ2) is 16.2. The Morgan fingerprint density at radius 2 is 1.71 bits per heavy atom. The molecule has 4 aromatic rings. The molecule has 1 amide bonds. The number of rotatable bonds is 18. The zero-order chi connectivity index (χ0) is 29.6. The van der Waals surface area contributed by atoms with E-state index in [9.17, 15) is 4.79 Å². The van der Waals surface area contributed by atoms with Crippen LogP contribution in [-0.2, 0) is 30.6 Å². The van der Waals surface area contributed by atoms with E-state index in [1.807, 2.05) is 48.5 Å². The van der Waals surface area contributed by atoms with Crippen LogP contribution in [-0.4, -0.2) is 42.8 Å². The lowest BCUT2D eigenvalue weighted by molar-refractivity contribution is -0.120. The molecule has 0 bridgehead atoms. The summed E-state index contributed by atoms with van der Waals surface area (Å²) >= 11 is 0. The Morgan fingerprint density at radius 3 is 2.50 bits per heavy atom. The Balaban J connectivity index is 1.20. The van der Waals surface area contributed by atoms with E-state index >= 15 is 0 Å². The lowest BCUT2D eigenvalue weighted by Gasteiger charge is -2.13. The highest BCUT2D eigenvalue weighted by molar-refractivity contribution is 5.78. The average molecular weight is 570 g/mol. The Hall–Kier alpha value is -4.26. The number of nitrogens with one attached hydrogen (secondary N) is 1. The molecule has 1 N–H and O–H groups in total. The summed E-state index contributed by atoms with van der Waals surface area (Å²) in [7, 11) is 3.31. The molecule has 0 unspecified atom stereocenters. The quantitative estimate of drug-likeness (QED) is 0.106. The van der Waals surface area contributed by atoms with Crippen molar-refractivity contribution in [3.05, 3.63) is 96.3 Å². The third kappa shape index (κ3) is 8.87. The Kier molecular flexibility index (Phi) is 11.9. The minimum absolute atomic E-state index is 0.0501. The molecule has 1 aromatic heterocycles. The topological polar surface area (TPSA) is 74.6 Å². The molecule has 4 rings (SSSR count). The Bertz CT molecular complexity index is 1430. The third-order valence-electron chi connectivity index (χ3n) is 7.30. The largest absolute Gasteiger partial charge is 0.497 e. The average Bonchev–Trinajstić information content (AvgIpc) is 3.36. The van der Waals surface area contributed by atoms with E-state index in [4.69, 9.17) is 19.2 Å². The van der Waals surface area contributed by atoms with Crippen molar-refractivity contribution >= 4 is 16.9 Å². The van der Waals surface area contributed by atoms with Gasteiger partial charge in [0.25, 0.3) is 0 Å². The molecule has 0 spiro atoms. The van der Waals surface area contributed by atoms with Gasteiger partial charge in [-0.25, -0.2) is 4.98 Å². The number of carbonyl (C=O) groups excluding carboxylic acids is 1. The standard InChI is InChI=1S/C35H43N3O4/c1-4-12-27-18-21-32(33(25-27)41-3)42-24-11-10-23-38-31-14-8-7-13-30(31)37-34(38)15-6-5-9-22-36-35(39)26-28-16-19-29(40-2)20-17-28/h4,7-8,13-14,16-21,25H,1,5-6,9-12,15,22-24,26H2,2-3H3,(H,36,39). The Morgan fingerprint density at radius 1 is 0.905 bits per heavy atom. The first-order chi connectivity index (χ1) is 20.6. The number of hydrogen-bond donors (Lipinski definition) is 1. The highest BCUT2D eigenvalue weighted by Crippen LogP contribution is 2.28. The van der Waals surface area contributed by atoms with Crippen LogP contribution in [0.5, 0.6) is 17.2 Å². The summed E-state index contributed by atoms with van der Waals surface area (Å²) in [5.74, 6) is 3.50. The van der Waals surface area contributed by atoms with E-state index in [-0.39, 0.29) is 5.91 Å². The second-order valence-corrected chi connectivity index (χ2v) is 10.4. The van der Waals surface area contributed by atoms with Crippen molar-refractivity contribution in [3.8, 4) is 17.2 Å². The predicted octanol–water partition coefficient (Wildman–Crippen LogP) is 6.71. The van der Waals surface area contributed by atoms with Crippen LogP contribution < -0.4 is 19.5 Å². The van der Waals surface area contributed by atoms with Crippen LogP contribution in [0.25, 0.3) is 11.0 Å². The number of allylic oxidation sites excluding steroid dienone is 1.